The van der Waals surface area contributed by atoms with Gasteiger partial charge in [-0.2, -0.15) is 0 Å². The van der Waals surface area contributed by atoms with E-state index in [1.165, 1.54) is 19.4 Å². The van der Waals surface area contributed by atoms with Gasteiger partial charge in [-0.05, 0) is 69.5 Å². The van der Waals surface area contributed by atoms with Crippen molar-refractivity contribution in [3.05, 3.63) is 23.8 Å². The fourth-order valence-corrected chi connectivity index (χ4v) is 5.10. The molecule has 6 heteroatoms. The highest BCUT2D eigenvalue weighted by Crippen LogP contribution is 2.28. The third-order valence-corrected chi connectivity index (χ3v) is 6.31. The molecule has 5 nitrogen and oxygen atoms in total. The quantitative estimate of drug-likeness (QED) is 0.829. The van der Waals surface area contributed by atoms with E-state index in [4.69, 9.17) is 5.73 Å². The van der Waals surface area contributed by atoms with Crippen LogP contribution in [0.25, 0.3) is 0 Å². The number of rotatable bonds is 3. The average Bonchev–Trinajstić information content (AvgIpc) is 2.85. The van der Waals surface area contributed by atoms with Crippen molar-refractivity contribution in [1.82, 2.24) is 9.62 Å². The molecule has 0 bridgehead atoms. The topological polar surface area (TPSA) is 75.4 Å². The van der Waals surface area contributed by atoms with Gasteiger partial charge in [0.2, 0.25) is 10.0 Å². The molecular weight excluding hydrogens is 286 g/mol. The van der Waals surface area contributed by atoms with Gasteiger partial charge in [0.25, 0.3) is 0 Å². The van der Waals surface area contributed by atoms with Gasteiger partial charge >= 0.3 is 0 Å². The standard InChI is InChI=1S/C15H23N3O2S/c1-11-9-12(16)4-5-15(11)21(19,20)17-13-6-8-18-7-2-3-14(18)10-13/h4-5,9,13-14,17H,2-3,6-8,10,16H2,1H3. The predicted molar refractivity (Wildman–Crippen MR) is 83.5 cm³/mol. The molecule has 0 radical (unpaired) electrons. The van der Waals surface area contributed by atoms with E-state index in [-0.39, 0.29) is 6.04 Å². The summed E-state index contributed by atoms with van der Waals surface area (Å²) < 4.78 is 28.0. The Balaban J connectivity index is 1.74. The van der Waals surface area contributed by atoms with Crippen LogP contribution in [0.4, 0.5) is 5.69 Å². The number of hydrogen-bond acceptors (Lipinski definition) is 4. The van der Waals surface area contributed by atoms with Gasteiger partial charge in [0.05, 0.1) is 4.90 Å². The summed E-state index contributed by atoms with van der Waals surface area (Å²) >= 11 is 0. The van der Waals surface area contributed by atoms with Crippen molar-refractivity contribution < 1.29 is 8.42 Å². The molecule has 2 saturated heterocycles. The van der Waals surface area contributed by atoms with Crippen LogP contribution in [-0.2, 0) is 10.0 Å². The van der Waals surface area contributed by atoms with Crippen LogP contribution in [-0.4, -0.2) is 38.5 Å². The summed E-state index contributed by atoms with van der Waals surface area (Å²) in [6.07, 6.45) is 4.25. The lowest BCUT2D eigenvalue weighted by Gasteiger charge is -2.35. The zero-order chi connectivity index (χ0) is 15.0. The number of anilines is 1. The Labute approximate surface area is 126 Å². The summed E-state index contributed by atoms with van der Waals surface area (Å²) in [4.78, 5) is 2.82. The number of nitrogen functional groups attached to an aromatic ring is 1. The monoisotopic (exact) mass is 309 g/mol. The van der Waals surface area contributed by atoms with E-state index >= 15 is 0 Å². The first-order valence-electron chi connectivity index (χ1n) is 7.58. The number of nitrogens with two attached hydrogens (primary N) is 1. The molecule has 3 N–H and O–H groups in total. The van der Waals surface area contributed by atoms with Crippen LogP contribution in [0.3, 0.4) is 0 Å². The molecule has 0 amide bonds. The maximum atomic E-state index is 12.6. The normalized spacial score (nSPS) is 26.7. The summed E-state index contributed by atoms with van der Waals surface area (Å²) in [5, 5.41) is 0. The number of hydrogen-bond donors (Lipinski definition) is 2. The third kappa shape index (κ3) is 3.07. The van der Waals surface area contributed by atoms with Gasteiger partial charge in [0.15, 0.2) is 0 Å². The summed E-state index contributed by atoms with van der Waals surface area (Å²) in [5.74, 6) is 0. The predicted octanol–water partition coefficient (Wildman–Crippen LogP) is 1.48. The van der Waals surface area contributed by atoms with Gasteiger partial charge in [0, 0.05) is 17.8 Å². The summed E-state index contributed by atoms with van der Waals surface area (Å²) in [5.41, 5.74) is 6.98. The molecular formula is C15H23N3O2S. The summed E-state index contributed by atoms with van der Waals surface area (Å²) in [7, 11) is -3.46. The van der Waals surface area contributed by atoms with Crippen molar-refractivity contribution in [3.8, 4) is 0 Å². The lowest BCUT2D eigenvalue weighted by Crippen LogP contribution is -2.47. The molecule has 0 aromatic heterocycles. The minimum Gasteiger partial charge on any atom is -0.399 e. The van der Waals surface area contributed by atoms with Crippen LogP contribution in [0.2, 0.25) is 0 Å². The van der Waals surface area contributed by atoms with Crippen molar-refractivity contribution in [2.75, 3.05) is 18.8 Å². The minimum absolute atomic E-state index is 0.0475. The second-order valence-electron chi connectivity index (χ2n) is 6.20. The van der Waals surface area contributed by atoms with Crippen molar-refractivity contribution in [1.29, 1.82) is 0 Å². The Hall–Kier alpha value is -1.11. The first-order valence-corrected chi connectivity index (χ1v) is 9.06. The Morgan fingerprint density at radius 2 is 2.10 bits per heavy atom. The van der Waals surface area contributed by atoms with Crippen LogP contribution in [0.15, 0.2) is 23.1 Å². The molecule has 21 heavy (non-hydrogen) atoms. The molecule has 2 aliphatic heterocycles. The number of nitrogens with one attached hydrogen (secondary N) is 1. The number of sulfonamides is 1. The Morgan fingerprint density at radius 3 is 2.86 bits per heavy atom. The lowest BCUT2D eigenvalue weighted by molar-refractivity contribution is 0.176. The molecule has 2 unspecified atom stereocenters. The maximum absolute atomic E-state index is 12.6. The molecule has 0 saturated carbocycles. The second-order valence-corrected chi connectivity index (χ2v) is 7.88. The van der Waals surface area contributed by atoms with E-state index in [1.54, 1.807) is 25.1 Å². The fourth-order valence-electron chi connectivity index (χ4n) is 3.59. The van der Waals surface area contributed by atoms with Gasteiger partial charge in [-0.3, -0.25) is 0 Å². The van der Waals surface area contributed by atoms with E-state index in [9.17, 15) is 8.42 Å². The van der Waals surface area contributed by atoms with Gasteiger partial charge in [-0.15, -0.1) is 0 Å². The molecule has 3 rings (SSSR count). The van der Waals surface area contributed by atoms with Crippen molar-refractivity contribution in [2.24, 2.45) is 0 Å². The second kappa shape index (κ2) is 5.59. The highest BCUT2D eigenvalue weighted by Gasteiger charge is 2.33. The molecule has 1 aromatic rings. The smallest absolute Gasteiger partial charge is 0.241 e. The lowest BCUT2D eigenvalue weighted by atomic mass is 9.99. The highest BCUT2D eigenvalue weighted by molar-refractivity contribution is 7.89. The number of fused-ring (bicyclic) bond motifs is 1. The SMILES string of the molecule is Cc1cc(N)ccc1S(=O)(=O)NC1CCN2CCCC2C1. The van der Waals surface area contributed by atoms with E-state index in [2.05, 4.69) is 9.62 Å². The van der Waals surface area contributed by atoms with E-state index in [0.29, 0.717) is 22.2 Å². The molecule has 116 valence electrons. The largest absolute Gasteiger partial charge is 0.399 e. The molecule has 0 aliphatic carbocycles. The minimum atomic E-state index is -3.46. The summed E-state index contributed by atoms with van der Waals surface area (Å²) in [6, 6.07) is 5.54. The molecule has 2 fully saturated rings. The Morgan fingerprint density at radius 1 is 1.29 bits per heavy atom. The molecule has 2 aliphatic rings. The molecule has 2 atom stereocenters. The number of nitrogens with zero attached hydrogens (tertiary/aromatic N) is 1. The van der Waals surface area contributed by atoms with Gasteiger partial charge in [-0.25, -0.2) is 13.1 Å². The molecule has 2 heterocycles. The van der Waals surface area contributed by atoms with E-state index < -0.39 is 10.0 Å². The van der Waals surface area contributed by atoms with Crippen LogP contribution in [0.1, 0.15) is 31.2 Å². The fraction of sp³-hybridized carbons (Fsp3) is 0.600. The Bertz CT molecular complexity index is 630. The summed E-state index contributed by atoms with van der Waals surface area (Å²) in [6.45, 7) is 3.95. The van der Waals surface area contributed by atoms with Crippen LogP contribution < -0.4 is 10.5 Å². The van der Waals surface area contributed by atoms with Crippen LogP contribution in [0.5, 0.6) is 0 Å². The van der Waals surface area contributed by atoms with Crippen molar-refractivity contribution in [3.63, 3.8) is 0 Å². The molecule has 0 spiro atoms. The average molecular weight is 309 g/mol. The zero-order valence-electron chi connectivity index (χ0n) is 12.4. The first-order chi connectivity index (χ1) is 9.95. The zero-order valence-corrected chi connectivity index (χ0v) is 13.2. The maximum Gasteiger partial charge on any atom is 0.241 e. The van der Waals surface area contributed by atoms with Crippen LogP contribution >= 0.6 is 0 Å². The number of piperidine rings is 1. The van der Waals surface area contributed by atoms with E-state index in [0.717, 1.165) is 19.4 Å². The van der Waals surface area contributed by atoms with Crippen LogP contribution in [0, 0.1) is 6.92 Å². The van der Waals surface area contributed by atoms with Gasteiger partial charge in [0.1, 0.15) is 0 Å². The Kier molecular flexibility index (Phi) is 3.94. The third-order valence-electron chi connectivity index (χ3n) is 4.63. The van der Waals surface area contributed by atoms with E-state index in [1.807, 2.05) is 0 Å². The number of benzene rings is 1. The highest BCUT2D eigenvalue weighted by atomic mass is 32.2. The van der Waals surface area contributed by atoms with Gasteiger partial charge in [-0.1, -0.05) is 0 Å². The van der Waals surface area contributed by atoms with Crippen molar-refractivity contribution >= 4 is 15.7 Å². The van der Waals surface area contributed by atoms with Crippen molar-refractivity contribution in [2.45, 2.75) is 49.6 Å². The number of aryl methyl sites for hydroxylation is 1. The first kappa shape index (κ1) is 14.8. The molecule has 1 aromatic carbocycles. The van der Waals surface area contributed by atoms with Gasteiger partial charge < -0.3 is 10.6 Å².